The van der Waals surface area contributed by atoms with Crippen LogP contribution in [-0.2, 0) is 4.79 Å². The number of nitrogens with zero attached hydrogens (tertiary/aromatic N) is 1. The molecular formula is C10H9Cl2N3O3. The Balaban J connectivity index is 2.07. The van der Waals surface area contributed by atoms with Crippen molar-refractivity contribution in [2.24, 2.45) is 5.92 Å². The van der Waals surface area contributed by atoms with Crippen LogP contribution >= 0.6 is 23.2 Å². The van der Waals surface area contributed by atoms with Gasteiger partial charge in [0.1, 0.15) is 5.92 Å². The van der Waals surface area contributed by atoms with Crippen LogP contribution in [0.2, 0.25) is 10.0 Å². The topological polar surface area (TPSA) is 98.3 Å². The first-order chi connectivity index (χ1) is 8.40. The third-order valence-electron chi connectivity index (χ3n) is 2.71. The van der Waals surface area contributed by atoms with E-state index in [0.29, 0.717) is 5.69 Å². The molecule has 0 saturated heterocycles. The summed E-state index contributed by atoms with van der Waals surface area (Å²) in [5.41, 5.74) is 6.15. The minimum atomic E-state index is -0.787. The Bertz CT molecular complexity index is 512. The predicted molar refractivity (Wildman–Crippen MR) is 68.4 cm³/mol. The fourth-order valence-corrected chi connectivity index (χ4v) is 2.07. The van der Waals surface area contributed by atoms with Crippen molar-refractivity contribution >= 4 is 40.5 Å². The Labute approximate surface area is 112 Å². The first kappa shape index (κ1) is 12.9. The molecule has 1 aromatic rings. The molecule has 1 fully saturated rings. The van der Waals surface area contributed by atoms with Gasteiger partial charge in [-0.1, -0.05) is 23.2 Å². The first-order valence-electron chi connectivity index (χ1n) is 5.09. The molecule has 0 heterocycles. The largest absolute Gasteiger partial charge is 0.396 e. The van der Waals surface area contributed by atoms with Gasteiger partial charge in [-0.05, 0) is 12.1 Å². The summed E-state index contributed by atoms with van der Waals surface area (Å²) in [6.07, 6.45) is 0.259. The Morgan fingerprint density at radius 3 is 2.44 bits per heavy atom. The second kappa shape index (κ2) is 4.62. The van der Waals surface area contributed by atoms with E-state index < -0.39 is 22.8 Å². The number of halogens is 2. The number of anilines is 2. The molecule has 6 nitrogen and oxygen atoms in total. The summed E-state index contributed by atoms with van der Waals surface area (Å²) in [6.45, 7) is 0. The molecule has 0 unspecified atom stereocenters. The highest BCUT2D eigenvalue weighted by molar-refractivity contribution is 6.39. The minimum Gasteiger partial charge on any atom is -0.396 e. The number of carbonyl (C=O) groups excluding carboxylic acids is 1. The van der Waals surface area contributed by atoms with E-state index in [9.17, 15) is 14.9 Å². The lowest BCUT2D eigenvalue weighted by atomic mass is 10.2. The Hall–Kier alpha value is -1.53. The fraction of sp³-hybridized carbons (Fsp3) is 0.300. The SMILES string of the molecule is Nc1c(Cl)cc(NC(=O)[C@@H]2C[C@@H]2[N+](=O)[O-])cc1Cl. The molecule has 1 aliphatic rings. The van der Waals surface area contributed by atoms with Crippen LogP contribution in [-0.4, -0.2) is 16.9 Å². The van der Waals surface area contributed by atoms with Gasteiger partial charge in [-0.15, -0.1) is 0 Å². The van der Waals surface area contributed by atoms with Gasteiger partial charge in [0.2, 0.25) is 11.9 Å². The van der Waals surface area contributed by atoms with Crippen molar-refractivity contribution in [1.29, 1.82) is 0 Å². The number of nitrogens with one attached hydrogen (secondary N) is 1. The van der Waals surface area contributed by atoms with Crippen molar-refractivity contribution in [3.8, 4) is 0 Å². The van der Waals surface area contributed by atoms with E-state index in [1.165, 1.54) is 12.1 Å². The van der Waals surface area contributed by atoms with Crippen LogP contribution in [0.5, 0.6) is 0 Å². The number of nitrogen functional groups attached to an aromatic ring is 1. The van der Waals surface area contributed by atoms with Crippen LogP contribution < -0.4 is 11.1 Å². The lowest BCUT2D eigenvalue weighted by Gasteiger charge is -2.07. The zero-order valence-electron chi connectivity index (χ0n) is 9.02. The lowest BCUT2D eigenvalue weighted by molar-refractivity contribution is -0.497. The summed E-state index contributed by atoms with van der Waals surface area (Å²) in [5, 5.41) is 13.4. The van der Waals surface area contributed by atoms with Crippen LogP contribution in [0.15, 0.2) is 12.1 Å². The van der Waals surface area contributed by atoms with Gasteiger partial charge in [-0.25, -0.2) is 0 Å². The fourth-order valence-electron chi connectivity index (χ4n) is 1.59. The van der Waals surface area contributed by atoms with E-state index in [1.807, 2.05) is 0 Å². The van der Waals surface area contributed by atoms with Crippen molar-refractivity contribution in [1.82, 2.24) is 0 Å². The second-order valence-electron chi connectivity index (χ2n) is 4.04. The summed E-state index contributed by atoms with van der Waals surface area (Å²) in [6, 6.07) is 2.11. The Morgan fingerprint density at radius 2 is 2.00 bits per heavy atom. The minimum absolute atomic E-state index is 0.222. The molecule has 0 bridgehead atoms. The predicted octanol–water partition coefficient (Wildman–Crippen LogP) is 2.18. The van der Waals surface area contributed by atoms with Crippen molar-refractivity contribution in [2.75, 3.05) is 11.1 Å². The molecule has 8 heteroatoms. The van der Waals surface area contributed by atoms with E-state index >= 15 is 0 Å². The van der Waals surface area contributed by atoms with Crippen LogP contribution in [0.25, 0.3) is 0 Å². The monoisotopic (exact) mass is 289 g/mol. The quantitative estimate of drug-likeness (QED) is 0.506. The lowest BCUT2D eigenvalue weighted by Crippen LogP contribution is -2.18. The van der Waals surface area contributed by atoms with Gasteiger partial charge in [0.05, 0.1) is 15.7 Å². The van der Waals surface area contributed by atoms with Crippen molar-refractivity contribution in [2.45, 2.75) is 12.5 Å². The molecule has 1 aliphatic carbocycles. The number of benzene rings is 1. The van der Waals surface area contributed by atoms with Gasteiger partial charge in [0, 0.05) is 17.0 Å². The molecule has 2 rings (SSSR count). The zero-order valence-corrected chi connectivity index (χ0v) is 10.5. The van der Waals surface area contributed by atoms with Gasteiger partial charge in [-0.2, -0.15) is 0 Å². The van der Waals surface area contributed by atoms with Crippen molar-refractivity contribution < 1.29 is 9.72 Å². The van der Waals surface area contributed by atoms with Gasteiger partial charge < -0.3 is 11.1 Å². The molecule has 0 aliphatic heterocycles. The standard InChI is InChI=1S/C10H9Cl2N3O3/c11-6-1-4(2-7(12)9(6)13)14-10(16)5-3-8(5)15(17)18/h1-2,5,8H,3,13H2,(H,14,16)/t5-,8+/m1/s1. The average Bonchev–Trinajstić information content (AvgIpc) is 3.05. The first-order valence-corrected chi connectivity index (χ1v) is 5.84. The summed E-state index contributed by atoms with van der Waals surface area (Å²) in [5.74, 6) is -0.997. The normalized spacial score (nSPS) is 21.4. The highest BCUT2D eigenvalue weighted by atomic mass is 35.5. The molecule has 3 N–H and O–H groups in total. The van der Waals surface area contributed by atoms with Crippen LogP contribution in [0.1, 0.15) is 6.42 Å². The summed E-state index contributed by atoms with van der Waals surface area (Å²) in [4.78, 5) is 21.7. The number of nitro groups is 1. The van der Waals surface area contributed by atoms with E-state index in [1.54, 1.807) is 0 Å². The maximum atomic E-state index is 11.7. The van der Waals surface area contributed by atoms with Gasteiger partial charge in [0.15, 0.2) is 0 Å². The second-order valence-corrected chi connectivity index (χ2v) is 4.85. The maximum absolute atomic E-state index is 11.7. The number of hydrogen-bond acceptors (Lipinski definition) is 4. The number of rotatable bonds is 3. The highest BCUT2D eigenvalue weighted by Gasteiger charge is 2.53. The van der Waals surface area contributed by atoms with Gasteiger partial charge in [0.25, 0.3) is 0 Å². The number of amides is 1. The summed E-state index contributed by atoms with van der Waals surface area (Å²) < 4.78 is 0. The molecule has 1 amide bonds. The number of nitrogens with two attached hydrogens (primary N) is 1. The zero-order chi connectivity index (χ0) is 13.4. The van der Waals surface area contributed by atoms with Crippen LogP contribution in [0.3, 0.4) is 0 Å². The molecule has 1 aromatic carbocycles. The van der Waals surface area contributed by atoms with E-state index in [-0.39, 0.29) is 22.2 Å². The van der Waals surface area contributed by atoms with E-state index in [4.69, 9.17) is 28.9 Å². The maximum Gasteiger partial charge on any atom is 0.234 e. The van der Waals surface area contributed by atoms with Crippen LogP contribution in [0, 0.1) is 16.0 Å². The van der Waals surface area contributed by atoms with Crippen molar-refractivity contribution in [3.63, 3.8) is 0 Å². The van der Waals surface area contributed by atoms with E-state index in [2.05, 4.69) is 5.32 Å². The molecule has 96 valence electrons. The molecule has 0 aromatic heterocycles. The highest BCUT2D eigenvalue weighted by Crippen LogP contribution is 2.35. The van der Waals surface area contributed by atoms with Gasteiger partial charge in [-0.3, -0.25) is 14.9 Å². The summed E-state index contributed by atoms with van der Waals surface area (Å²) >= 11 is 11.6. The van der Waals surface area contributed by atoms with Crippen molar-refractivity contribution in [3.05, 3.63) is 32.3 Å². The number of carbonyl (C=O) groups is 1. The summed E-state index contributed by atoms with van der Waals surface area (Å²) in [7, 11) is 0. The molecular weight excluding hydrogens is 281 g/mol. The Morgan fingerprint density at radius 1 is 1.44 bits per heavy atom. The molecule has 0 radical (unpaired) electrons. The molecule has 1 saturated carbocycles. The molecule has 2 atom stereocenters. The third kappa shape index (κ3) is 2.49. The van der Waals surface area contributed by atoms with Gasteiger partial charge >= 0.3 is 0 Å². The third-order valence-corrected chi connectivity index (χ3v) is 3.34. The average molecular weight is 290 g/mol. The molecule has 18 heavy (non-hydrogen) atoms. The number of hydrogen-bond donors (Lipinski definition) is 2. The smallest absolute Gasteiger partial charge is 0.234 e. The molecule has 0 spiro atoms. The van der Waals surface area contributed by atoms with E-state index in [0.717, 1.165) is 0 Å². The van der Waals surface area contributed by atoms with Crippen LogP contribution in [0.4, 0.5) is 11.4 Å². The Kier molecular flexibility index (Phi) is 3.32.